The molecule has 0 nitrogen and oxygen atoms in total. The molecule has 0 N–H and O–H groups in total. The van der Waals surface area contributed by atoms with Crippen LogP contribution < -0.4 is 0 Å². The highest BCUT2D eigenvalue weighted by atomic mass is 19.4. The number of hydrogen-bond donors (Lipinski definition) is 0. The van der Waals surface area contributed by atoms with Gasteiger partial charge >= 0.3 is 6.18 Å². The summed E-state index contributed by atoms with van der Waals surface area (Å²) in [6.45, 7) is 1.88. The third kappa shape index (κ3) is 2.53. The molecule has 0 fully saturated rings. The number of benzene rings is 2. The molecular weight excluding hydrogens is 244 g/mol. The first kappa shape index (κ1) is 12.6. The van der Waals surface area contributed by atoms with E-state index in [1.54, 1.807) is 24.3 Å². The maximum atomic E-state index is 13.7. The van der Waals surface area contributed by atoms with Crippen LogP contribution in [0.15, 0.2) is 42.5 Å². The minimum absolute atomic E-state index is 0.169. The minimum atomic E-state index is -4.52. The van der Waals surface area contributed by atoms with Crippen molar-refractivity contribution in [1.29, 1.82) is 0 Å². The van der Waals surface area contributed by atoms with Gasteiger partial charge < -0.3 is 0 Å². The molecule has 0 spiro atoms. The summed E-state index contributed by atoms with van der Waals surface area (Å²) in [4.78, 5) is 0. The lowest BCUT2D eigenvalue weighted by molar-refractivity contribution is -0.137. The van der Waals surface area contributed by atoms with Crippen molar-refractivity contribution in [3.05, 3.63) is 59.4 Å². The van der Waals surface area contributed by atoms with Crippen LogP contribution in [-0.4, -0.2) is 0 Å². The van der Waals surface area contributed by atoms with Crippen LogP contribution in [0.1, 0.15) is 11.1 Å². The second-order valence-electron chi connectivity index (χ2n) is 4.06. The maximum absolute atomic E-state index is 13.7. The Morgan fingerprint density at radius 1 is 0.889 bits per heavy atom. The number of rotatable bonds is 1. The van der Waals surface area contributed by atoms with Crippen LogP contribution in [0.25, 0.3) is 11.1 Å². The molecule has 0 aliphatic carbocycles. The summed E-state index contributed by atoms with van der Waals surface area (Å²) in [6.07, 6.45) is -4.52. The van der Waals surface area contributed by atoms with Crippen molar-refractivity contribution in [2.24, 2.45) is 0 Å². The molecule has 4 heteroatoms. The summed E-state index contributed by atoms with van der Waals surface area (Å²) >= 11 is 0. The quantitative estimate of drug-likeness (QED) is 0.640. The second kappa shape index (κ2) is 4.44. The SMILES string of the molecule is Cc1ccc(-c2ccc(C(F)(F)F)cc2F)cc1. The Balaban J connectivity index is 2.45. The normalized spacial score (nSPS) is 11.6. The van der Waals surface area contributed by atoms with Gasteiger partial charge in [0.1, 0.15) is 5.82 Å². The van der Waals surface area contributed by atoms with Gasteiger partial charge in [-0.1, -0.05) is 35.9 Å². The smallest absolute Gasteiger partial charge is 0.206 e. The third-order valence-electron chi connectivity index (χ3n) is 2.66. The van der Waals surface area contributed by atoms with Gasteiger partial charge in [-0.3, -0.25) is 0 Å². The van der Waals surface area contributed by atoms with Crippen LogP contribution >= 0.6 is 0 Å². The van der Waals surface area contributed by atoms with Crippen molar-refractivity contribution >= 4 is 0 Å². The second-order valence-corrected chi connectivity index (χ2v) is 4.06. The van der Waals surface area contributed by atoms with E-state index in [0.717, 1.165) is 17.7 Å². The lowest BCUT2D eigenvalue weighted by atomic mass is 10.0. The highest BCUT2D eigenvalue weighted by Crippen LogP contribution is 2.32. The Morgan fingerprint density at radius 3 is 2.00 bits per heavy atom. The fourth-order valence-corrected chi connectivity index (χ4v) is 1.66. The lowest BCUT2D eigenvalue weighted by Gasteiger charge is -2.09. The average molecular weight is 254 g/mol. The van der Waals surface area contributed by atoms with Crippen molar-refractivity contribution < 1.29 is 17.6 Å². The van der Waals surface area contributed by atoms with Crippen LogP contribution in [0, 0.1) is 12.7 Å². The molecule has 2 aromatic rings. The van der Waals surface area contributed by atoms with Gasteiger partial charge in [-0.25, -0.2) is 4.39 Å². The van der Waals surface area contributed by atoms with Gasteiger partial charge in [0.25, 0.3) is 0 Å². The molecule has 2 aromatic carbocycles. The van der Waals surface area contributed by atoms with Gasteiger partial charge in [0.15, 0.2) is 0 Å². The summed E-state index contributed by atoms with van der Waals surface area (Å²) in [6, 6.07) is 9.50. The Morgan fingerprint density at radius 2 is 1.50 bits per heavy atom. The van der Waals surface area contributed by atoms with Crippen molar-refractivity contribution in [1.82, 2.24) is 0 Å². The van der Waals surface area contributed by atoms with Crippen LogP contribution in [0.4, 0.5) is 17.6 Å². The molecular formula is C14H10F4. The van der Waals surface area contributed by atoms with Crippen LogP contribution in [-0.2, 0) is 6.18 Å². The molecule has 0 aromatic heterocycles. The van der Waals surface area contributed by atoms with E-state index in [2.05, 4.69) is 0 Å². The highest BCUT2D eigenvalue weighted by molar-refractivity contribution is 5.64. The predicted octanol–water partition coefficient (Wildman–Crippen LogP) is 4.82. The summed E-state index contributed by atoms with van der Waals surface area (Å²) in [7, 11) is 0. The molecule has 0 saturated heterocycles. The fraction of sp³-hybridized carbons (Fsp3) is 0.143. The summed E-state index contributed by atoms with van der Waals surface area (Å²) in [5.41, 5.74) is 0.761. The largest absolute Gasteiger partial charge is 0.416 e. The zero-order valence-corrected chi connectivity index (χ0v) is 9.55. The monoisotopic (exact) mass is 254 g/mol. The molecule has 0 amide bonds. The number of hydrogen-bond acceptors (Lipinski definition) is 0. The standard InChI is InChI=1S/C14H10F4/c1-9-2-4-10(5-3-9)12-7-6-11(8-13(12)15)14(16,17)18/h2-8H,1H3. The van der Waals surface area contributed by atoms with E-state index in [1.807, 2.05) is 6.92 Å². The zero-order chi connectivity index (χ0) is 13.3. The van der Waals surface area contributed by atoms with Gasteiger partial charge in [0, 0.05) is 5.56 Å². The minimum Gasteiger partial charge on any atom is -0.206 e. The average Bonchev–Trinajstić information content (AvgIpc) is 2.29. The van der Waals surface area contributed by atoms with E-state index in [0.29, 0.717) is 11.6 Å². The molecule has 94 valence electrons. The first-order chi connectivity index (χ1) is 8.38. The molecule has 0 aliphatic heterocycles. The maximum Gasteiger partial charge on any atom is 0.416 e. The van der Waals surface area contributed by atoms with E-state index in [-0.39, 0.29) is 5.56 Å². The van der Waals surface area contributed by atoms with Crippen LogP contribution in [0.3, 0.4) is 0 Å². The third-order valence-corrected chi connectivity index (χ3v) is 2.66. The van der Waals surface area contributed by atoms with Gasteiger partial charge in [-0.2, -0.15) is 13.2 Å². The van der Waals surface area contributed by atoms with E-state index < -0.39 is 17.6 Å². The van der Waals surface area contributed by atoms with Crippen LogP contribution in [0.5, 0.6) is 0 Å². The van der Waals surface area contributed by atoms with E-state index >= 15 is 0 Å². The molecule has 0 unspecified atom stereocenters. The molecule has 0 bridgehead atoms. The zero-order valence-electron chi connectivity index (χ0n) is 9.55. The van der Waals surface area contributed by atoms with Crippen molar-refractivity contribution in [3.63, 3.8) is 0 Å². The fourth-order valence-electron chi connectivity index (χ4n) is 1.66. The molecule has 0 saturated carbocycles. The molecule has 0 aliphatic rings. The Hall–Kier alpha value is -1.84. The summed E-state index contributed by atoms with van der Waals surface area (Å²) in [5.74, 6) is -0.867. The van der Waals surface area contributed by atoms with Gasteiger partial charge in [-0.05, 0) is 24.6 Å². The molecule has 0 atom stereocenters. The molecule has 0 radical (unpaired) electrons. The topological polar surface area (TPSA) is 0 Å². The molecule has 0 heterocycles. The molecule has 18 heavy (non-hydrogen) atoms. The van der Waals surface area contributed by atoms with Crippen molar-refractivity contribution in [2.45, 2.75) is 13.1 Å². The number of aryl methyl sites for hydroxylation is 1. The van der Waals surface area contributed by atoms with E-state index in [4.69, 9.17) is 0 Å². The van der Waals surface area contributed by atoms with Crippen molar-refractivity contribution in [2.75, 3.05) is 0 Å². The highest BCUT2D eigenvalue weighted by Gasteiger charge is 2.31. The Bertz CT molecular complexity index is 553. The van der Waals surface area contributed by atoms with Gasteiger partial charge in [0.05, 0.1) is 5.56 Å². The summed E-state index contributed by atoms with van der Waals surface area (Å²) < 4.78 is 50.8. The number of halogens is 4. The summed E-state index contributed by atoms with van der Waals surface area (Å²) in [5, 5.41) is 0. The van der Waals surface area contributed by atoms with Gasteiger partial charge in [-0.15, -0.1) is 0 Å². The van der Waals surface area contributed by atoms with Crippen molar-refractivity contribution in [3.8, 4) is 11.1 Å². The first-order valence-electron chi connectivity index (χ1n) is 5.32. The number of alkyl halides is 3. The van der Waals surface area contributed by atoms with Gasteiger partial charge in [0.2, 0.25) is 0 Å². The van der Waals surface area contributed by atoms with Crippen LogP contribution in [0.2, 0.25) is 0 Å². The Kier molecular flexibility index (Phi) is 3.11. The van der Waals surface area contributed by atoms with E-state index in [9.17, 15) is 17.6 Å². The first-order valence-corrected chi connectivity index (χ1v) is 5.32. The van der Waals surface area contributed by atoms with E-state index in [1.165, 1.54) is 0 Å². The lowest BCUT2D eigenvalue weighted by Crippen LogP contribution is -2.05. The predicted molar refractivity (Wildman–Crippen MR) is 61.6 cm³/mol. The molecule has 2 rings (SSSR count). The Labute approximate surface area is 102 Å².